The van der Waals surface area contributed by atoms with E-state index in [0.717, 1.165) is 37.2 Å². The summed E-state index contributed by atoms with van der Waals surface area (Å²) >= 11 is 12.3. The summed E-state index contributed by atoms with van der Waals surface area (Å²) in [5.41, 5.74) is 2.53. The van der Waals surface area contributed by atoms with Crippen molar-refractivity contribution in [1.82, 2.24) is 4.90 Å². The minimum absolute atomic E-state index is 0.0558. The summed E-state index contributed by atoms with van der Waals surface area (Å²) < 4.78 is 0. The molecular weight excluding hydrogens is 367 g/mol. The van der Waals surface area contributed by atoms with Crippen molar-refractivity contribution in [3.05, 3.63) is 63.6 Å². The van der Waals surface area contributed by atoms with Gasteiger partial charge in [0.15, 0.2) is 5.78 Å². The lowest BCUT2D eigenvalue weighted by Crippen LogP contribution is -2.42. The van der Waals surface area contributed by atoms with E-state index in [1.165, 1.54) is 0 Å². The van der Waals surface area contributed by atoms with Crippen LogP contribution in [0.25, 0.3) is 0 Å². The van der Waals surface area contributed by atoms with Crippen LogP contribution < -0.4 is 4.90 Å². The van der Waals surface area contributed by atoms with Gasteiger partial charge in [-0.1, -0.05) is 41.4 Å². The predicted octanol–water partition coefficient (Wildman–Crippen LogP) is 4.95. The van der Waals surface area contributed by atoms with E-state index in [0.29, 0.717) is 28.1 Å². The Morgan fingerprint density at radius 2 is 1.73 bits per heavy atom. The Morgan fingerprint density at radius 1 is 1.12 bits per heavy atom. The molecule has 0 aromatic heterocycles. The van der Waals surface area contributed by atoms with Crippen molar-refractivity contribution >= 4 is 34.7 Å². The fraction of sp³-hybridized carbons (Fsp3) is 0.381. The van der Waals surface area contributed by atoms with Gasteiger partial charge in [-0.05, 0) is 62.8 Å². The van der Waals surface area contributed by atoms with Gasteiger partial charge in [0.05, 0.1) is 15.6 Å². The largest absolute Gasteiger partial charge is 0.372 e. The second-order valence-corrected chi connectivity index (χ2v) is 7.83. The molecule has 0 radical (unpaired) electrons. The molecular formula is C21H24Cl2N2O. The third-order valence-corrected chi connectivity index (χ3v) is 5.79. The fourth-order valence-electron chi connectivity index (χ4n) is 3.52. The van der Waals surface area contributed by atoms with Crippen molar-refractivity contribution < 1.29 is 4.79 Å². The lowest BCUT2D eigenvalue weighted by molar-refractivity contribution is 0.0993. The molecule has 0 amide bonds. The summed E-state index contributed by atoms with van der Waals surface area (Å²) in [7, 11) is 4.31. The molecule has 2 aromatic rings. The molecule has 26 heavy (non-hydrogen) atoms. The standard InChI is InChI=1S/C21H24Cl2N2O/c1-24-11-9-16(10-12-24)25(2)17-6-3-5-15(13-17)14-20(26)21-18(22)7-4-8-19(21)23/h3-8,13,16H,9-12,14H2,1-2H3. The molecule has 138 valence electrons. The minimum Gasteiger partial charge on any atom is -0.372 e. The van der Waals surface area contributed by atoms with Crippen molar-refractivity contribution in [2.24, 2.45) is 0 Å². The molecule has 0 bridgehead atoms. The Hall–Kier alpha value is -1.55. The van der Waals surface area contributed by atoms with Crippen molar-refractivity contribution in [2.45, 2.75) is 25.3 Å². The number of rotatable bonds is 5. The molecule has 0 aliphatic carbocycles. The molecule has 0 unspecified atom stereocenters. The van der Waals surface area contributed by atoms with E-state index in [2.05, 4.69) is 36.0 Å². The Balaban J connectivity index is 1.74. The number of hydrogen-bond acceptors (Lipinski definition) is 3. The number of hydrogen-bond donors (Lipinski definition) is 0. The van der Waals surface area contributed by atoms with Gasteiger partial charge in [0, 0.05) is 25.2 Å². The van der Waals surface area contributed by atoms with E-state index in [1.807, 2.05) is 12.1 Å². The zero-order chi connectivity index (χ0) is 18.7. The zero-order valence-corrected chi connectivity index (χ0v) is 16.7. The summed E-state index contributed by atoms with van der Waals surface area (Å²) in [6.45, 7) is 2.25. The average Bonchev–Trinajstić information content (AvgIpc) is 2.62. The number of benzene rings is 2. The first kappa shape index (κ1) is 19.2. The molecule has 3 rings (SSSR count). The summed E-state index contributed by atoms with van der Waals surface area (Å²) in [4.78, 5) is 17.4. The van der Waals surface area contributed by atoms with Gasteiger partial charge in [-0.2, -0.15) is 0 Å². The maximum atomic E-state index is 12.7. The van der Waals surface area contributed by atoms with Crippen LogP contribution in [0, 0.1) is 0 Å². The smallest absolute Gasteiger partial charge is 0.170 e. The number of ketones is 1. The Morgan fingerprint density at radius 3 is 2.38 bits per heavy atom. The van der Waals surface area contributed by atoms with Crippen molar-refractivity contribution in [3.63, 3.8) is 0 Å². The number of nitrogens with zero attached hydrogens (tertiary/aromatic N) is 2. The summed E-state index contributed by atoms with van der Waals surface area (Å²) in [5, 5.41) is 0.809. The van der Waals surface area contributed by atoms with E-state index in [4.69, 9.17) is 23.2 Å². The van der Waals surface area contributed by atoms with Gasteiger partial charge in [0.2, 0.25) is 0 Å². The van der Waals surface area contributed by atoms with Crippen molar-refractivity contribution in [3.8, 4) is 0 Å². The third-order valence-electron chi connectivity index (χ3n) is 5.16. The molecule has 1 fully saturated rings. The maximum Gasteiger partial charge on any atom is 0.170 e. The lowest BCUT2D eigenvalue weighted by Gasteiger charge is -2.36. The normalized spacial score (nSPS) is 15.8. The second kappa shape index (κ2) is 8.43. The average molecular weight is 391 g/mol. The first-order chi connectivity index (χ1) is 12.5. The maximum absolute atomic E-state index is 12.7. The topological polar surface area (TPSA) is 23.6 Å². The molecule has 0 spiro atoms. The molecule has 0 atom stereocenters. The highest BCUT2D eigenvalue weighted by atomic mass is 35.5. The lowest BCUT2D eigenvalue weighted by atomic mass is 10.0. The monoisotopic (exact) mass is 390 g/mol. The number of carbonyl (C=O) groups is 1. The van der Waals surface area contributed by atoms with E-state index >= 15 is 0 Å². The zero-order valence-electron chi connectivity index (χ0n) is 15.2. The van der Waals surface area contributed by atoms with Gasteiger partial charge < -0.3 is 9.80 Å². The van der Waals surface area contributed by atoms with Crippen LogP contribution in [0.2, 0.25) is 10.0 Å². The van der Waals surface area contributed by atoms with Gasteiger partial charge in [-0.25, -0.2) is 0 Å². The highest BCUT2D eigenvalue weighted by Crippen LogP contribution is 2.27. The third kappa shape index (κ3) is 4.40. The van der Waals surface area contributed by atoms with E-state index in [-0.39, 0.29) is 5.78 Å². The molecule has 1 saturated heterocycles. The Labute approximate surface area is 165 Å². The van der Waals surface area contributed by atoms with Crippen molar-refractivity contribution in [1.29, 1.82) is 0 Å². The summed E-state index contributed by atoms with van der Waals surface area (Å²) in [6.07, 6.45) is 2.61. The molecule has 1 aliphatic heterocycles. The number of carbonyl (C=O) groups excluding carboxylic acids is 1. The molecule has 3 nitrogen and oxygen atoms in total. The molecule has 2 aromatic carbocycles. The first-order valence-corrected chi connectivity index (χ1v) is 9.69. The number of piperidine rings is 1. The first-order valence-electron chi connectivity index (χ1n) is 8.93. The molecule has 1 heterocycles. The van der Waals surface area contributed by atoms with Gasteiger partial charge in [-0.3, -0.25) is 4.79 Å². The Bertz CT molecular complexity index is 765. The van der Waals surface area contributed by atoms with E-state index in [1.54, 1.807) is 18.2 Å². The van der Waals surface area contributed by atoms with Crippen LogP contribution in [0.15, 0.2) is 42.5 Å². The number of anilines is 1. The predicted molar refractivity (Wildman–Crippen MR) is 110 cm³/mol. The van der Waals surface area contributed by atoms with Gasteiger partial charge in [0.25, 0.3) is 0 Å². The SMILES string of the molecule is CN1CCC(N(C)c2cccc(CC(=O)c3c(Cl)cccc3Cl)c2)CC1. The molecule has 1 aliphatic rings. The number of likely N-dealkylation sites (tertiary alicyclic amines) is 1. The minimum atomic E-state index is -0.0558. The van der Waals surface area contributed by atoms with Crippen LogP contribution in [0.5, 0.6) is 0 Å². The quantitative estimate of drug-likeness (QED) is 0.674. The Kier molecular flexibility index (Phi) is 6.23. The number of halogens is 2. The van der Waals surface area contributed by atoms with Crippen LogP contribution in [0.1, 0.15) is 28.8 Å². The fourth-order valence-corrected chi connectivity index (χ4v) is 4.13. The van der Waals surface area contributed by atoms with Gasteiger partial charge in [0.1, 0.15) is 0 Å². The summed E-state index contributed by atoms with van der Waals surface area (Å²) in [6, 6.07) is 13.9. The highest BCUT2D eigenvalue weighted by Gasteiger charge is 2.21. The second-order valence-electron chi connectivity index (χ2n) is 7.01. The summed E-state index contributed by atoms with van der Waals surface area (Å²) in [5.74, 6) is -0.0558. The van der Waals surface area contributed by atoms with Crippen LogP contribution >= 0.6 is 23.2 Å². The van der Waals surface area contributed by atoms with Gasteiger partial charge in [-0.15, -0.1) is 0 Å². The molecule has 5 heteroatoms. The highest BCUT2D eigenvalue weighted by molar-refractivity contribution is 6.39. The van der Waals surface area contributed by atoms with Crippen LogP contribution in [-0.2, 0) is 6.42 Å². The molecule has 0 saturated carbocycles. The van der Waals surface area contributed by atoms with Crippen LogP contribution in [-0.4, -0.2) is 43.9 Å². The van der Waals surface area contributed by atoms with Gasteiger partial charge >= 0.3 is 0 Å². The van der Waals surface area contributed by atoms with E-state index < -0.39 is 0 Å². The number of Topliss-reactive ketones (excluding diaryl/α,β-unsaturated/α-hetero) is 1. The van der Waals surface area contributed by atoms with E-state index in [9.17, 15) is 4.79 Å². The van der Waals surface area contributed by atoms with Crippen LogP contribution in [0.3, 0.4) is 0 Å². The van der Waals surface area contributed by atoms with Crippen LogP contribution in [0.4, 0.5) is 5.69 Å². The molecule has 0 N–H and O–H groups in total. The van der Waals surface area contributed by atoms with Crippen molar-refractivity contribution in [2.75, 3.05) is 32.1 Å².